The van der Waals surface area contributed by atoms with E-state index in [2.05, 4.69) is 36.4 Å². The van der Waals surface area contributed by atoms with Crippen molar-refractivity contribution in [3.05, 3.63) is 22.2 Å². The number of carbonyl (C=O) groups is 1. The van der Waals surface area contributed by atoms with E-state index in [1.165, 1.54) is 0 Å². The van der Waals surface area contributed by atoms with Crippen LogP contribution in [0.25, 0.3) is 0 Å². The third-order valence-corrected chi connectivity index (χ3v) is 1.81. The van der Waals surface area contributed by atoms with E-state index < -0.39 is 0 Å². The molecule has 78 valence electrons. The van der Waals surface area contributed by atoms with E-state index in [1.54, 1.807) is 6.92 Å². The van der Waals surface area contributed by atoms with E-state index in [9.17, 15) is 4.79 Å². The molecule has 1 rings (SSSR count). The van der Waals surface area contributed by atoms with Crippen LogP contribution >= 0.6 is 0 Å². The Morgan fingerprint density at radius 2 is 1.60 bits per heavy atom. The van der Waals surface area contributed by atoms with E-state index in [0.717, 1.165) is 16.5 Å². The molecule has 0 amide bonds. The van der Waals surface area contributed by atoms with Crippen LogP contribution in [0.5, 0.6) is 0 Å². The number of allylic oxidation sites excluding steroid dienone is 4. The van der Waals surface area contributed by atoms with Crippen molar-refractivity contribution in [3.63, 3.8) is 0 Å². The van der Waals surface area contributed by atoms with Crippen LogP contribution in [-0.2, 0) is 35.2 Å². The smallest absolute Gasteiger partial charge is 0.281 e. The Bertz CT molecular complexity index is 241. The van der Waals surface area contributed by atoms with Gasteiger partial charge in [-0.3, -0.25) is 14.4 Å². The summed E-state index contributed by atoms with van der Waals surface area (Å²) in [6.07, 6.45) is 4.70. The molecular weight excluding hydrogens is 239 g/mol. The maximum atomic E-state index is 10.7. The first-order valence-corrected chi connectivity index (χ1v) is 3.98. The summed E-state index contributed by atoms with van der Waals surface area (Å²) in [4.78, 5) is 33.2. The average Bonchev–Trinajstić information content (AvgIpc) is 2.73. The van der Waals surface area contributed by atoms with Crippen molar-refractivity contribution >= 4 is 26.2 Å². The zero-order chi connectivity index (χ0) is 12.9. The van der Waals surface area contributed by atoms with Gasteiger partial charge in [-0.1, -0.05) is 0 Å². The van der Waals surface area contributed by atoms with Crippen LogP contribution in [0.3, 0.4) is 0 Å². The predicted octanol–water partition coefficient (Wildman–Crippen LogP) is 0.145. The first-order chi connectivity index (χ1) is 7.22. The van der Waals surface area contributed by atoms with Crippen molar-refractivity contribution in [2.45, 2.75) is 13.3 Å². The van der Waals surface area contributed by atoms with Crippen LogP contribution in [-0.4, -0.2) is 26.2 Å². The van der Waals surface area contributed by atoms with Gasteiger partial charge in [0, 0.05) is 0 Å². The Morgan fingerprint density at radius 3 is 1.73 bits per heavy atom. The molecule has 1 aliphatic rings. The monoisotopic (exact) mass is 246 g/mol. The third-order valence-electron chi connectivity index (χ3n) is 1.25. The Morgan fingerprint density at radius 1 is 1.20 bits per heavy atom. The maximum Gasteiger partial charge on any atom is 0.281 e. The minimum atomic E-state index is 0.135. The third kappa shape index (κ3) is 8.99. The van der Waals surface area contributed by atoms with Crippen molar-refractivity contribution < 1.29 is 35.2 Å². The molecule has 5 heteroatoms. The van der Waals surface area contributed by atoms with Gasteiger partial charge in [-0.15, -0.1) is 0 Å². The van der Waals surface area contributed by atoms with Crippen molar-refractivity contribution in [2.75, 3.05) is 0 Å². The van der Waals surface area contributed by atoms with Crippen molar-refractivity contribution in [2.24, 2.45) is 0 Å². The van der Waals surface area contributed by atoms with Gasteiger partial charge < -0.3 is 0 Å². The number of rotatable bonds is 1. The van der Waals surface area contributed by atoms with Gasteiger partial charge in [0.1, 0.15) is 0 Å². The normalized spacial score (nSPS) is 11.1. The van der Waals surface area contributed by atoms with Crippen molar-refractivity contribution in [1.29, 1.82) is 0 Å². The summed E-state index contributed by atoms with van der Waals surface area (Å²) in [7, 11) is 0. The molecule has 0 aliphatic heterocycles. The minimum Gasteiger partial charge on any atom is -0.281 e. The van der Waals surface area contributed by atoms with Gasteiger partial charge >= 0.3 is 62.1 Å². The molecule has 0 saturated heterocycles. The second kappa shape index (κ2) is 15.2. The van der Waals surface area contributed by atoms with Gasteiger partial charge in [0.15, 0.2) is 0 Å². The Labute approximate surface area is 97.2 Å². The van der Waals surface area contributed by atoms with E-state index >= 15 is 0 Å². The Hall–Kier alpha value is -1.32. The summed E-state index contributed by atoms with van der Waals surface area (Å²) in [5.74, 6) is 0.135. The summed E-state index contributed by atoms with van der Waals surface area (Å²) in [6, 6.07) is 0. The van der Waals surface area contributed by atoms with Gasteiger partial charge in [0.25, 0.3) is 20.4 Å². The number of Topliss-reactive ketones (excluding diaryl/α,β-unsaturated/α-hetero) is 1. The molecular formula is C10H7MnO4. The molecule has 0 bridgehead atoms. The first kappa shape index (κ1) is 19.3. The van der Waals surface area contributed by atoms with Crippen LogP contribution in [0.4, 0.5) is 0 Å². The SMILES string of the molecule is CC(=O)C1=[C]([Mn])CC=C1.[C]=O.[C]=O.[C]=O. The van der Waals surface area contributed by atoms with Crippen molar-refractivity contribution in [1.82, 2.24) is 0 Å². The van der Waals surface area contributed by atoms with E-state index in [4.69, 9.17) is 14.4 Å². The predicted molar refractivity (Wildman–Crippen MR) is 48.5 cm³/mol. The largest absolute Gasteiger partial charge is 0.281 e. The summed E-state index contributed by atoms with van der Waals surface area (Å²) < 4.78 is 1.01. The number of carbonyl (C=O) groups excluding carboxylic acids is 4. The molecule has 0 unspecified atom stereocenters. The van der Waals surface area contributed by atoms with Gasteiger partial charge in [-0.2, -0.15) is 0 Å². The fraction of sp³-hybridized carbons (Fsp3) is 0.200. The zero-order valence-corrected chi connectivity index (χ0v) is 9.05. The number of hydrogen-bond acceptors (Lipinski definition) is 4. The zero-order valence-electron chi connectivity index (χ0n) is 7.87. The molecule has 4 nitrogen and oxygen atoms in total. The average molecular weight is 246 g/mol. The Kier molecular flexibility index (Phi) is 19.5. The minimum absolute atomic E-state index is 0.135. The summed E-state index contributed by atoms with van der Waals surface area (Å²) in [6.45, 7) is 15.1. The molecule has 0 atom stereocenters. The molecule has 0 aromatic carbocycles. The van der Waals surface area contributed by atoms with Gasteiger partial charge in [0.2, 0.25) is 0 Å². The summed E-state index contributed by atoms with van der Waals surface area (Å²) in [5, 5.41) is 0. The quantitative estimate of drug-likeness (QED) is 0.617. The molecule has 1 aliphatic carbocycles. The van der Waals surface area contributed by atoms with E-state index in [1.807, 2.05) is 12.2 Å². The molecule has 0 heterocycles. The van der Waals surface area contributed by atoms with Gasteiger partial charge in [-0.05, 0) is 0 Å². The van der Waals surface area contributed by atoms with Crippen molar-refractivity contribution in [3.8, 4) is 0 Å². The topological polar surface area (TPSA) is 68.3 Å². The molecule has 0 fully saturated rings. The molecule has 0 saturated carbocycles. The standard InChI is InChI=1S/C7H7O.3CO.Mn/c1-6(8)7-4-2-3-5-7;3*1-2;/h2,4H,3H2,1H3;;;;. The number of ketones is 1. The molecule has 0 aromatic heterocycles. The molecule has 6 radical (unpaired) electrons. The fourth-order valence-corrected chi connectivity index (χ4v) is 1.23. The second-order valence-electron chi connectivity index (χ2n) is 1.98. The van der Waals surface area contributed by atoms with Crippen LogP contribution < -0.4 is 0 Å². The van der Waals surface area contributed by atoms with Crippen LogP contribution in [0.15, 0.2) is 22.2 Å². The van der Waals surface area contributed by atoms with Gasteiger partial charge in [-0.25, -0.2) is 0 Å². The maximum absolute atomic E-state index is 10.7. The molecule has 15 heavy (non-hydrogen) atoms. The van der Waals surface area contributed by atoms with Crippen LogP contribution in [0.1, 0.15) is 13.3 Å². The Balaban J connectivity index is -0.000000208. The number of hydrogen-bond donors (Lipinski definition) is 0. The summed E-state index contributed by atoms with van der Waals surface area (Å²) >= 11 is 3.30. The summed E-state index contributed by atoms with van der Waals surface area (Å²) in [5.41, 5.74) is 0.815. The molecule has 0 N–H and O–H groups in total. The first-order valence-electron chi connectivity index (χ1n) is 3.39. The van der Waals surface area contributed by atoms with Gasteiger partial charge in [0.05, 0.1) is 0 Å². The molecule has 0 aromatic rings. The molecule has 0 spiro atoms. The van der Waals surface area contributed by atoms with Crippen LogP contribution in [0, 0.1) is 0 Å². The van der Waals surface area contributed by atoms with Crippen LogP contribution in [0.2, 0.25) is 0 Å². The fourth-order valence-electron chi connectivity index (χ4n) is 0.789. The second-order valence-corrected chi connectivity index (χ2v) is 2.69. The van der Waals surface area contributed by atoms with E-state index in [0.29, 0.717) is 0 Å². The van der Waals surface area contributed by atoms with E-state index in [-0.39, 0.29) is 5.78 Å².